The van der Waals surface area contributed by atoms with Gasteiger partial charge in [0.05, 0.1) is 19.9 Å². The molecular formula is C15H13NO3S2. The van der Waals surface area contributed by atoms with Crippen LogP contribution >= 0.6 is 22.7 Å². The van der Waals surface area contributed by atoms with Crippen LogP contribution in [-0.2, 0) is 4.79 Å². The van der Waals surface area contributed by atoms with Gasteiger partial charge in [0.2, 0.25) is 0 Å². The van der Waals surface area contributed by atoms with Crippen molar-refractivity contribution in [1.29, 1.82) is 0 Å². The summed E-state index contributed by atoms with van der Waals surface area (Å²) in [7, 11) is 0. The number of benzene rings is 1. The van der Waals surface area contributed by atoms with Crippen molar-refractivity contribution in [2.75, 3.05) is 0 Å². The van der Waals surface area contributed by atoms with Crippen LogP contribution in [0.4, 0.5) is 0 Å². The molecule has 21 heavy (non-hydrogen) atoms. The van der Waals surface area contributed by atoms with Crippen molar-refractivity contribution in [3.05, 3.63) is 22.5 Å². The lowest BCUT2D eigenvalue weighted by molar-refractivity contribution is -0.146. The molecule has 1 N–H and O–H groups in total. The van der Waals surface area contributed by atoms with Crippen LogP contribution in [0.5, 0.6) is 5.75 Å². The van der Waals surface area contributed by atoms with E-state index in [1.54, 1.807) is 22.7 Å². The highest BCUT2D eigenvalue weighted by Gasteiger charge is 2.38. The van der Waals surface area contributed by atoms with Crippen LogP contribution in [0, 0.1) is 12.8 Å². The van der Waals surface area contributed by atoms with Gasteiger partial charge in [-0.3, -0.25) is 0 Å². The van der Waals surface area contributed by atoms with Crippen molar-refractivity contribution in [3.8, 4) is 5.75 Å². The third-order valence-corrected chi connectivity index (χ3v) is 5.55. The number of aliphatic carboxylic acids is 1. The maximum absolute atomic E-state index is 11.4. The van der Waals surface area contributed by atoms with E-state index < -0.39 is 12.1 Å². The van der Waals surface area contributed by atoms with Gasteiger partial charge in [0.1, 0.15) is 5.75 Å². The zero-order chi connectivity index (χ0) is 14.6. The number of ether oxygens (including phenoxy) is 1. The van der Waals surface area contributed by atoms with Crippen LogP contribution in [-0.4, -0.2) is 22.2 Å². The number of hydrogen-bond acceptors (Lipinski definition) is 5. The third-order valence-electron chi connectivity index (χ3n) is 3.72. The Morgan fingerprint density at radius 2 is 2.33 bits per heavy atom. The fourth-order valence-electron chi connectivity index (χ4n) is 2.57. The minimum absolute atomic E-state index is 0.148. The summed E-state index contributed by atoms with van der Waals surface area (Å²) in [6.07, 6.45) is 1.14. The average Bonchev–Trinajstić information content (AvgIpc) is 3.01. The fraction of sp³-hybridized carbons (Fsp3) is 0.333. The van der Waals surface area contributed by atoms with Crippen molar-refractivity contribution < 1.29 is 14.6 Å². The second-order valence-electron chi connectivity index (χ2n) is 5.33. The van der Waals surface area contributed by atoms with E-state index in [4.69, 9.17) is 4.74 Å². The van der Waals surface area contributed by atoms with Gasteiger partial charge >= 0.3 is 5.97 Å². The molecule has 1 fully saturated rings. The van der Waals surface area contributed by atoms with Crippen LogP contribution in [0.2, 0.25) is 0 Å². The smallest absolute Gasteiger partial charge is 0.345 e. The second-order valence-corrected chi connectivity index (χ2v) is 7.48. The molecule has 4 nitrogen and oxygen atoms in total. The average molecular weight is 319 g/mol. The summed E-state index contributed by atoms with van der Waals surface area (Å²) in [5.74, 6) is -0.0572. The topological polar surface area (TPSA) is 59.4 Å². The van der Waals surface area contributed by atoms with E-state index in [1.807, 2.05) is 24.4 Å². The fourth-order valence-corrected chi connectivity index (χ4v) is 4.40. The first-order valence-electron chi connectivity index (χ1n) is 6.80. The molecule has 2 aromatic heterocycles. The lowest BCUT2D eigenvalue weighted by Gasteiger charge is -2.15. The number of nitrogens with zero attached hydrogens (tertiary/aromatic N) is 1. The SMILES string of the molecule is Cc1nc2c(cc(OC(C(=O)O)C3CC3)c3ccsc32)s1. The largest absolute Gasteiger partial charge is 0.478 e. The highest BCUT2D eigenvalue weighted by atomic mass is 32.1. The zero-order valence-corrected chi connectivity index (χ0v) is 13.0. The molecule has 1 saturated carbocycles. The van der Waals surface area contributed by atoms with Crippen molar-refractivity contribution in [2.24, 2.45) is 5.92 Å². The number of rotatable bonds is 4. The summed E-state index contributed by atoms with van der Waals surface area (Å²) in [4.78, 5) is 16.0. The predicted molar refractivity (Wildman–Crippen MR) is 84.5 cm³/mol. The number of thiophene rings is 1. The number of aryl methyl sites for hydroxylation is 1. The van der Waals surface area contributed by atoms with Crippen molar-refractivity contribution in [3.63, 3.8) is 0 Å². The Bertz CT molecular complexity index is 847. The van der Waals surface area contributed by atoms with Crippen LogP contribution in [0.3, 0.4) is 0 Å². The van der Waals surface area contributed by atoms with E-state index in [0.717, 1.165) is 38.2 Å². The van der Waals surface area contributed by atoms with Gasteiger partial charge in [0, 0.05) is 17.4 Å². The number of carbonyl (C=O) groups is 1. The molecule has 6 heteroatoms. The maximum atomic E-state index is 11.4. The summed E-state index contributed by atoms with van der Waals surface area (Å²) in [5, 5.41) is 13.3. The van der Waals surface area contributed by atoms with Gasteiger partial charge in [-0.05, 0) is 31.2 Å². The lowest BCUT2D eigenvalue weighted by atomic mass is 10.2. The molecule has 0 saturated heterocycles. The van der Waals surface area contributed by atoms with Crippen LogP contribution in [0.1, 0.15) is 17.8 Å². The van der Waals surface area contributed by atoms with E-state index in [1.165, 1.54) is 0 Å². The van der Waals surface area contributed by atoms with E-state index in [0.29, 0.717) is 5.75 Å². The lowest BCUT2D eigenvalue weighted by Crippen LogP contribution is -2.29. The Hall–Kier alpha value is -1.66. The second kappa shape index (κ2) is 4.68. The van der Waals surface area contributed by atoms with Gasteiger partial charge < -0.3 is 9.84 Å². The number of fused-ring (bicyclic) bond motifs is 3. The maximum Gasteiger partial charge on any atom is 0.345 e. The van der Waals surface area contributed by atoms with E-state index in [2.05, 4.69) is 4.98 Å². The molecule has 0 bridgehead atoms. The van der Waals surface area contributed by atoms with Gasteiger partial charge in [0.25, 0.3) is 0 Å². The Labute approximate surface area is 129 Å². The number of thiazole rings is 1. The summed E-state index contributed by atoms with van der Waals surface area (Å²) in [5.41, 5.74) is 0.994. The number of hydrogen-bond donors (Lipinski definition) is 1. The standard InChI is InChI=1S/C15H13NO3S2/c1-7-16-12-11(21-7)6-10(9-4-5-20-14(9)12)19-13(15(17)18)8-2-3-8/h4-6,8,13H,2-3H2,1H3,(H,17,18). The summed E-state index contributed by atoms with van der Waals surface area (Å²) >= 11 is 3.23. The van der Waals surface area contributed by atoms with Crippen molar-refractivity contribution >= 4 is 48.9 Å². The highest BCUT2D eigenvalue weighted by molar-refractivity contribution is 7.21. The Morgan fingerprint density at radius 3 is 3.05 bits per heavy atom. The first-order valence-corrected chi connectivity index (χ1v) is 8.50. The molecule has 0 amide bonds. The van der Waals surface area contributed by atoms with E-state index in [9.17, 15) is 9.90 Å². The molecule has 1 aliphatic carbocycles. The molecule has 4 rings (SSSR count). The molecule has 2 heterocycles. The zero-order valence-electron chi connectivity index (χ0n) is 11.3. The van der Waals surface area contributed by atoms with Crippen LogP contribution in [0.15, 0.2) is 17.5 Å². The molecule has 0 spiro atoms. The first kappa shape index (κ1) is 13.0. The third kappa shape index (κ3) is 2.18. The number of carboxylic acid groups (broad SMARTS) is 1. The molecule has 3 aromatic rings. The van der Waals surface area contributed by atoms with Crippen LogP contribution in [0.25, 0.3) is 20.3 Å². The molecule has 1 aromatic carbocycles. The normalized spacial score (nSPS) is 16.4. The van der Waals surface area contributed by atoms with Crippen molar-refractivity contribution in [2.45, 2.75) is 25.9 Å². The van der Waals surface area contributed by atoms with E-state index in [-0.39, 0.29) is 5.92 Å². The number of carboxylic acids is 1. The van der Waals surface area contributed by atoms with Crippen LogP contribution < -0.4 is 4.74 Å². The molecule has 108 valence electrons. The molecule has 1 atom stereocenters. The molecule has 0 aliphatic heterocycles. The van der Waals surface area contributed by atoms with Gasteiger partial charge in [-0.15, -0.1) is 22.7 Å². The molecule has 1 unspecified atom stereocenters. The summed E-state index contributed by atoms with van der Waals surface area (Å²) in [6.45, 7) is 1.98. The Kier molecular flexibility index (Phi) is 2.90. The monoisotopic (exact) mass is 319 g/mol. The van der Waals surface area contributed by atoms with Gasteiger partial charge in [0.15, 0.2) is 6.10 Å². The minimum atomic E-state index is -0.874. The Balaban J connectivity index is 1.85. The quantitative estimate of drug-likeness (QED) is 0.788. The molecular weight excluding hydrogens is 306 g/mol. The molecule has 0 radical (unpaired) electrons. The van der Waals surface area contributed by atoms with Gasteiger partial charge in [-0.2, -0.15) is 0 Å². The Morgan fingerprint density at radius 1 is 1.52 bits per heavy atom. The van der Waals surface area contributed by atoms with Gasteiger partial charge in [-0.25, -0.2) is 9.78 Å². The van der Waals surface area contributed by atoms with E-state index >= 15 is 0 Å². The van der Waals surface area contributed by atoms with Gasteiger partial charge in [-0.1, -0.05) is 0 Å². The summed E-state index contributed by atoms with van der Waals surface area (Å²) in [6, 6.07) is 3.92. The van der Waals surface area contributed by atoms with Crippen molar-refractivity contribution in [1.82, 2.24) is 4.98 Å². The number of aromatic nitrogens is 1. The molecule has 1 aliphatic rings. The predicted octanol–water partition coefficient (Wildman–Crippen LogP) is 4.06. The minimum Gasteiger partial charge on any atom is -0.478 e. The summed E-state index contributed by atoms with van der Waals surface area (Å²) < 4.78 is 8.00. The highest BCUT2D eigenvalue weighted by Crippen LogP contribution is 2.41. The first-order chi connectivity index (χ1) is 10.1.